The van der Waals surface area contributed by atoms with Crippen molar-refractivity contribution in [3.05, 3.63) is 66.1 Å². The molecule has 146 valence electrons. The van der Waals surface area contributed by atoms with Crippen LogP contribution in [0.4, 0.5) is 13.2 Å². The highest BCUT2D eigenvalue weighted by atomic mass is 19.4. The molecule has 1 amide bonds. The maximum Gasteiger partial charge on any atom is 0.422 e. The molecule has 0 aliphatic heterocycles. The molecule has 3 rings (SSSR count). The van der Waals surface area contributed by atoms with E-state index < -0.39 is 18.8 Å². The first-order valence-corrected chi connectivity index (χ1v) is 8.59. The Bertz CT molecular complexity index is 959. The average Bonchev–Trinajstić information content (AvgIpc) is 2.66. The first-order chi connectivity index (χ1) is 13.3. The number of hydrogen-bond acceptors (Lipinski definition) is 4. The van der Waals surface area contributed by atoms with Crippen LogP contribution in [0.3, 0.4) is 0 Å². The van der Waals surface area contributed by atoms with Crippen molar-refractivity contribution in [2.45, 2.75) is 25.6 Å². The lowest BCUT2D eigenvalue weighted by molar-refractivity contribution is -0.153. The van der Waals surface area contributed by atoms with E-state index in [0.29, 0.717) is 5.69 Å². The number of alkyl halides is 3. The van der Waals surface area contributed by atoms with Gasteiger partial charge < -0.3 is 10.1 Å². The second kappa shape index (κ2) is 8.24. The third-order valence-electron chi connectivity index (χ3n) is 3.99. The van der Waals surface area contributed by atoms with E-state index in [1.807, 2.05) is 30.3 Å². The summed E-state index contributed by atoms with van der Waals surface area (Å²) in [5.74, 6) is -0.189. The van der Waals surface area contributed by atoms with Crippen LogP contribution in [0, 0.1) is 0 Å². The van der Waals surface area contributed by atoms with Gasteiger partial charge >= 0.3 is 6.18 Å². The number of amides is 1. The van der Waals surface area contributed by atoms with Gasteiger partial charge in [0.15, 0.2) is 6.61 Å². The van der Waals surface area contributed by atoms with Gasteiger partial charge in [0.2, 0.25) is 5.91 Å². The summed E-state index contributed by atoms with van der Waals surface area (Å²) in [7, 11) is 0. The molecule has 0 fully saturated rings. The molecular weight excluding hydrogens is 371 g/mol. The minimum absolute atomic E-state index is 0.0156. The molecule has 2 aromatic heterocycles. The minimum Gasteiger partial charge on any atom is -0.483 e. The summed E-state index contributed by atoms with van der Waals surface area (Å²) < 4.78 is 41.1. The standard InChI is InChI=1S/C20H18F3N3O2/c1-13(17-7-6-16(11-25-17)28-12-20(21,22)23)26-19(27)9-14-8-15-4-2-3-5-18(15)24-10-14/h2-8,10-11,13H,9,12H2,1H3,(H,26,27)/t13-/m1/s1. The molecule has 3 aromatic rings. The van der Waals surface area contributed by atoms with Crippen LogP contribution in [0.25, 0.3) is 10.9 Å². The fourth-order valence-electron chi connectivity index (χ4n) is 2.66. The zero-order valence-electron chi connectivity index (χ0n) is 15.0. The SMILES string of the molecule is C[C@@H](NC(=O)Cc1cnc2ccccc2c1)c1ccc(OCC(F)(F)F)cn1. The lowest BCUT2D eigenvalue weighted by atomic mass is 10.1. The normalized spacial score (nSPS) is 12.6. The van der Waals surface area contributed by atoms with E-state index >= 15 is 0 Å². The van der Waals surface area contributed by atoms with Crippen molar-refractivity contribution in [2.75, 3.05) is 6.61 Å². The lowest BCUT2D eigenvalue weighted by Crippen LogP contribution is -2.28. The van der Waals surface area contributed by atoms with Crippen LogP contribution in [0.5, 0.6) is 5.75 Å². The first kappa shape index (κ1) is 19.6. The number of rotatable bonds is 6. The van der Waals surface area contributed by atoms with Crippen molar-refractivity contribution < 1.29 is 22.7 Å². The zero-order chi connectivity index (χ0) is 20.1. The molecule has 0 radical (unpaired) electrons. The quantitative estimate of drug-likeness (QED) is 0.692. The summed E-state index contributed by atoms with van der Waals surface area (Å²) in [5.41, 5.74) is 2.16. The number of carbonyl (C=O) groups is 1. The number of pyridine rings is 2. The third kappa shape index (κ3) is 5.42. The predicted octanol–water partition coefficient (Wildman–Crippen LogP) is 3.99. The van der Waals surface area contributed by atoms with Crippen molar-refractivity contribution in [3.63, 3.8) is 0 Å². The highest BCUT2D eigenvalue weighted by molar-refractivity contribution is 5.82. The van der Waals surface area contributed by atoms with E-state index in [4.69, 9.17) is 0 Å². The molecule has 1 atom stereocenters. The van der Waals surface area contributed by atoms with Crippen molar-refractivity contribution >= 4 is 16.8 Å². The number of ether oxygens (including phenoxy) is 1. The summed E-state index contributed by atoms with van der Waals surface area (Å²) in [6.07, 6.45) is -1.37. The number of carbonyl (C=O) groups excluding carboxylic acids is 1. The van der Waals surface area contributed by atoms with E-state index in [1.54, 1.807) is 13.1 Å². The molecule has 0 aliphatic carbocycles. The van der Waals surface area contributed by atoms with E-state index in [-0.39, 0.29) is 18.1 Å². The van der Waals surface area contributed by atoms with E-state index in [9.17, 15) is 18.0 Å². The van der Waals surface area contributed by atoms with Crippen molar-refractivity contribution in [3.8, 4) is 5.75 Å². The van der Waals surface area contributed by atoms with Crippen LogP contribution in [0.2, 0.25) is 0 Å². The van der Waals surface area contributed by atoms with E-state index in [2.05, 4.69) is 20.0 Å². The molecule has 8 heteroatoms. The van der Waals surface area contributed by atoms with Gasteiger partial charge in [-0.25, -0.2) is 0 Å². The minimum atomic E-state index is -4.41. The Labute approximate surface area is 159 Å². The number of hydrogen-bond donors (Lipinski definition) is 1. The largest absolute Gasteiger partial charge is 0.483 e. The Morgan fingerprint density at radius 1 is 1.14 bits per heavy atom. The van der Waals surface area contributed by atoms with Crippen LogP contribution in [-0.2, 0) is 11.2 Å². The van der Waals surface area contributed by atoms with Crippen molar-refractivity contribution in [1.82, 2.24) is 15.3 Å². The van der Waals surface area contributed by atoms with Gasteiger partial charge in [-0.15, -0.1) is 0 Å². The van der Waals surface area contributed by atoms with E-state index in [1.165, 1.54) is 18.3 Å². The van der Waals surface area contributed by atoms with Crippen LogP contribution in [-0.4, -0.2) is 28.7 Å². The molecule has 2 heterocycles. The maximum absolute atomic E-state index is 12.3. The van der Waals surface area contributed by atoms with Gasteiger partial charge in [0.05, 0.1) is 29.9 Å². The predicted molar refractivity (Wildman–Crippen MR) is 97.8 cm³/mol. The molecular formula is C20H18F3N3O2. The second-order valence-electron chi connectivity index (χ2n) is 6.32. The number of aromatic nitrogens is 2. The van der Waals surface area contributed by atoms with Crippen LogP contribution >= 0.6 is 0 Å². The van der Waals surface area contributed by atoms with Gasteiger partial charge in [-0.2, -0.15) is 13.2 Å². The molecule has 1 N–H and O–H groups in total. The third-order valence-corrected chi connectivity index (χ3v) is 3.99. The van der Waals surface area contributed by atoms with Gasteiger partial charge in [-0.05, 0) is 36.8 Å². The molecule has 1 aromatic carbocycles. The molecule has 0 aliphatic rings. The number of fused-ring (bicyclic) bond motifs is 1. The summed E-state index contributed by atoms with van der Waals surface area (Å²) in [4.78, 5) is 20.7. The fraction of sp³-hybridized carbons (Fsp3) is 0.250. The summed E-state index contributed by atoms with van der Waals surface area (Å²) >= 11 is 0. The molecule has 0 saturated carbocycles. The molecule has 0 saturated heterocycles. The van der Waals surface area contributed by atoms with E-state index in [0.717, 1.165) is 16.5 Å². The number of benzene rings is 1. The second-order valence-corrected chi connectivity index (χ2v) is 6.32. The van der Waals surface area contributed by atoms with Gasteiger partial charge in [0.1, 0.15) is 5.75 Å². The number of nitrogens with zero attached hydrogens (tertiary/aromatic N) is 2. The van der Waals surface area contributed by atoms with Crippen molar-refractivity contribution in [1.29, 1.82) is 0 Å². The molecule has 28 heavy (non-hydrogen) atoms. The fourth-order valence-corrected chi connectivity index (χ4v) is 2.66. The monoisotopic (exact) mass is 389 g/mol. The smallest absolute Gasteiger partial charge is 0.422 e. The maximum atomic E-state index is 12.3. The van der Waals surface area contributed by atoms with Crippen LogP contribution in [0.1, 0.15) is 24.2 Å². The Hall–Kier alpha value is -3.16. The van der Waals surface area contributed by atoms with Gasteiger partial charge in [-0.1, -0.05) is 18.2 Å². The van der Waals surface area contributed by atoms with Crippen LogP contribution < -0.4 is 10.1 Å². The van der Waals surface area contributed by atoms with Gasteiger partial charge in [-0.3, -0.25) is 14.8 Å². The first-order valence-electron chi connectivity index (χ1n) is 8.59. The molecule has 5 nitrogen and oxygen atoms in total. The number of para-hydroxylation sites is 1. The Kier molecular flexibility index (Phi) is 5.77. The number of nitrogens with one attached hydrogen (secondary N) is 1. The van der Waals surface area contributed by atoms with Crippen LogP contribution in [0.15, 0.2) is 54.9 Å². The summed E-state index contributed by atoms with van der Waals surface area (Å²) in [6.45, 7) is 0.370. The van der Waals surface area contributed by atoms with Crippen molar-refractivity contribution in [2.24, 2.45) is 0 Å². The lowest BCUT2D eigenvalue weighted by Gasteiger charge is -2.14. The topological polar surface area (TPSA) is 64.1 Å². The molecule has 0 bridgehead atoms. The van der Waals surface area contributed by atoms with Gasteiger partial charge in [0.25, 0.3) is 0 Å². The summed E-state index contributed by atoms with van der Waals surface area (Å²) in [6, 6.07) is 12.1. The molecule has 0 unspecified atom stereocenters. The number of halogens is 3. The highest BCUT2D eigenvalue weighted by Crippen LogP contribution is 2.19. The zero-order valence-corrected chi connectivity index (χ0v) is 15.0. The van der Waals surface area contributed by atoms with Gasteiger partial charge in [0, 0.05) is 11.6 Å². The average molecular weight is 389 g/mol. The Balaban J connectivity index is 1.57. The molecule has 0 spiro atoms. The summed E-state index contributed by atoms with van der Waals surface area (Å²) in [5, 5.41) is 3.77. The Morgan fingerprint density at radius 3 is 2.64 bits per heavy atom. The Morgan fingerprint density at radius 2 is 1.93 bits per heavy atom. The highest BCUT2D eigenvalue weighted by Gasteiger charge is 2.28.